The second-order valence-corrected chi connectivity index (χ2v) is 16.5. The summed E-state index contributed by atoms with van der Waals surface area (Å²) in [6, 6.07) is 18.0. The molecule has 2 aliphatic heterocycles. The molecule has 1 N–H and O–H groups in total. The highest BCUT2D eigenvalue weighted by Crippen LogP contribution is 2.31. The number of benzene rings is 2. The van der Waals surface area contributed by atoms with Crippen molar-refractivity contribution in [3.8, 4) is 23.6 Å². The number of hydrogen-bond donors (Lipinski definition) is 1. The predicted molar refractivity (Wildman–Crippen MR) is 247 cm³/mol. The van der Waals surface area contributed by atoms with Gasteiger partial charge in [-0.2, -0.15) is 0 Å². The first-order valence-electron chi connectivity index (χ1n) is 20.0. The van der Waals surface area contributed by atoms with Crippen molar-refractivity contribution in [1.82, 2.24) is 24.3 Å². The van der Waals surface area contributed by atoms with Crippen molar-refractivity contribution >= 4 is 51.4 Å². The normalized spacial score (nSPS) is 18.5. The summed E-state index contributed by atoms with van der Waals surface area (Å²) in [5.74, 6) is 5.36. The van der Waals surface area contributed by atoms with Gasteiger partial charge in [0, 0.05) is 56.8 Å². The lowest BCUT2D eigenvalue weighted by atomic mass is 10.1. The molecular formula is C45H58I2N6O6. The highest BCUT2D eigenvalue weighted by molar-refractivity contribution is 14.1. The van der Waals surface area contributed by atoms with E-state index in [1.165, 1.54) is 13.4 Å². The summed E-state index contributed by atoms with van der Waals surface area (Å²) < 4.78 is 35.7. The average Bonchev–Trinajstić information content (AvgIpc) is 4.05. The number of ether oxygens (including phenoxy) is 4. The van der Waals surface area contributed by atoms with Crippen LogP contribution in [0.4, 0.5) is 0 Å². The molecule has 0 aliphatic carbocycles. The summed E-state index contributed by atoms with van der Waals surface area (Å²) in [7, 11) is 0. The molecule has 5 heterocycles. The topological polar surface area (TPSA) is 131 Å². The summed E-state index contributed by atoms with van der Waals surface area (Å²) in [6.45, 7) is 9.79. The Balaban J connectivity index is 0.000000220. The van der Waals surface area contributed by atoms with E-state index >= 15 is 0 Å². The Kier molecular flexibility index (Phi) is 20.6. The van der Waals surface area contributed by atoms with Crippen LogP contribution >= 0.6 is 45.2 Å². The molecule has 0 bridgehead atoms. The molecule has 14 heteroatoms. The quantitative estimate of drug-likeness (QED) is 0.0403. The zero-order valence-electron chi connectivity index (χ0n) is 33.6. The van der Waals surface area contributed by atoms with Gasteiger partial charge in [-0.15, -0.1) is 6.42 Å². The maximum Gasteiger partial charge on any atom is 0.160 e. The summed E-state index contributed by atoms with van der Waals surface area (Å²) in [6.07, 6.45) is 22.1. The van der Waals surface area contributed by atoms with Gasteiger partial charge < -0.3 is 37.8 Å². The minimum atomic E-state index is -0.166. The van der Waals surface area contributed by atoms with Crippen LogP contribution in [0, 0.1) is 19.5 Å². The first-order chi connectivity index (χ1) is 28.2. The lowest BCUT2D eigenvalue weighted by molar-refractivity contribution is -0.188. The van der Waals surface area contributed by atoms with Crippen LogP contribution in [-0.4, -0.2) is 61.5 Å². The van der Waals surface area contributed by atoms with E-state index in [2.05, 4.69) is 114 Å². The van der Waals surface area contributed by atoms with Crippen molar-refractivity contribution in [2.75, 3.05) is 13.2 Å². The van der Waals surface area contributed by atoms with Gasteiger partial charge in [0.05, 0.1) is 18.3 Å². The zero-order chi connectivity index (χ0) is 41.3. The largest absolute Gasteiger partial charge is 0.411 e. The van der Waals surface area contributed by atoms with Crippen molar-refractivity contribution < 1.29 is 28.7 Å². The molecule has 2 saturated heterocycles. The Labute approximate surface area is 376 Å². The Bertz CT molecular complexity index is 2000. The van der Waals surface area contributed by atoms with Crippen molar-refractivity contribution in [3.63, 3.8) is 0 Å². The van der Waals surface area contributed by atoms with Gasteiger partial charge in [0.25, 0.3) is 0 Å². The lowest BCUT2D eigenvalue weighted by Crippen LogP contribution is -2.25. The van der Waals surface area contributed by atoms with Gasteiger partial charge in [-0.05, 0) is 140 Å². The minimum Gasteiger partial charge on any atom is -0.411 e. The smallest absolute Gasteiger partial charge is 0.160 e. The molecule has 12 nitrogen and oxygen atoms in total. The van der Waals surface area contributed by atoms with Crippen LogP contribution in [0.2, 0.25) is 0 Å². The molecule has 3 aromatic heterocycles. The fraction of sp³-hybridized carbons (Fsp3) is 0.467. The van der Waals surface area contributed by atoms with Crippen LogP contribution in [-0.2, 0) is 18.9 Å². The van der Waals surface area contributed by atoms with E-state index in [0.29, 0.717) is 0 Å². The van der Waals surface area contributed by atoms with Gasteiger partial charge in [-0.25, -0.2) is 9.97 Å². The standard InChI is InChI=1S/C22H26IN3O3.C15H22N2O2.C7H6INO.CH4/c1-3-19(20-14-18(25-29-20)16-7-9-17(23)10-8-16)26-12-11-24-22(26)15(2)28-21-6-4-5-13-27-21;1-4-13(5-2)17-10-9-16-15(17)12(3)19-14-8-6-7-11-18-14;8-7-3-1-6(2-4-7)5-9-10;/h7-12,14-15,19,21H,3-6,13H2,1-2H3;1,9-10,12-14H,5-8,11H2,2-3H3;1-5,10H;1H4/b;;9-5+;/t15-,19+,21?;12-,13-,14?;;/m00../s1. The summed E-state index contributed by atoms with van der Waals surface area (Å²) in [5, 5.41) is 15.4. The Morgan fingerprint density at radius 2 is 1.39 bits per heavy atom. The second kappa shape index (κ2) is 25.2. The molecule has 2 unspecified atom stereocenters. The molecule has 318 valence electrons. The number of aromatic nitrogens is 5. The minimum absolute atomic E-state index is 0. The van der Waals surface area contributed by atoms with Crippen LogP contribution in [0.1, 0.15) is 134 Å². The van der Waals surface area contributed by atoms with Crippen LogP contribution in [0.5, 0.6) is 0 Å². The average molecular weight is 1030 g/mol. The highest BCUT2D eigenvalue weighted by atomic mass is 127. The third-order valence-electron chi connectivity index (χ3n) is 9.82. The van der Waals surface area contributed by atoms with Crippen molar-refractivity contribution in [2.24, 2.45) is 5.16 Å². The number of terminal acetylenes is 1. The van der Waals surface area contributed by atoms with Crippen LogP contribution < -0.4 is 0 Å². The van der Waals surface area contributed by atoms with E-state index in [1.807, 2.05) is 67.3 Å². The molecule has 6 atom stereocenters. The maximum atomic E-state index is 8.16. The molecule has 0 amide bonds. The molecule has 2 aromatic carbocycles. The number of halogens is 2. The molecule has 5 aromatic rings. The first kappa shape index (κ1) is 48.1. The number of nitrogens with zero attached hydrogens (tertiary/aromatic N) is 6. The third kappa shape index (κ3) is 14.2. The van der Waals surface area contributed by atoms with Gasteiger partial charge in [0.2, 0.25) is 0 Å². The van der Waals surface area contributed by atoms with Crippen LogP contribution in [0.3, 0.4) is 0 Å². The molecule has 2 fully saturated rings. The maximum absolute atomic E-state index is 8.16. The number of hydrogen-bond acceptors (Lipinski definition) is 10. The van der Waals surface area contributed by atoms with Gasteiger partial charge in [-0.3, -0.25) is 0 Å². The van der Waals surface area contributed by atoms with E-state index in [1.54, 1.807) is 6.20 Å². The molecule has 0 spiro atoms. The summed E-state index contributed by atoms with van der Waals surface area (Å²) in [4.78, 5) is 8.96. The van der Waals surface area contributed by atoms with Crippen LogP contribution in [0.25, 0.3) is 11.3 Å². The highest BCUT2D eigenvalue weighted by Gasteiger charge is 2.26. The van der Waals surface area contributed by atoms with Crippen molar-refractivity contribution in [1.29, 1.82) is 0 Å². The van der Waals surface area contributed by atoms with E-state index < -0.39 is 0 Å². The van der Waals surface area contributed by atoms with E-state index in [9.17, 15) is 0 Å². The van der Waals surface area contributed by atoms with E-state index in [-0.39, 0.29) is 44.3 Å². The van der Waals surface area contributed by atoms with Gasteiger partial charge in [0.1, 0.15) is 29.6 Å². The molecular weight excluding hydrogens is 974 g/mol. The fourth-order valence-electron chi connectivity index (χ4n) is 6.77. The van der Waals surface area contributed by atoms with Crippen molar-refractivity contribution in [2.45, 2.75) is 123 Å². The van der Waals surface area contributed by atoms with Gasteiger partial charge >= 0.3 is 0 Å². The molecule has 59 heavy (non-hydrogen) atoms. The molecule has 7 rings (SSSR count). The fourth-order valence-corrected chi connectivity index (χ4v) is 7.49. The Hall–Kier alpha value is -3.60. The van der Waals surface area contributed by atoms with Gasteiger partial charge in [-0.1, -0.05) is 61.8 Å². The second-order valence-electron chi connectivity index (χ2n) is 14.0. The SMILES string of the molecule is C.C#C[C@@H](CC)n1ccnc1[C@H](C)OC1CCCCO1.CC[C@H](c1cc(-c2ccc(I)cc2)no1)n1ccnc1[C@H](C)OC1CCCCO1.O/N=C/c1ccc(I)cc1. The monoisotopic (exact) mass is 1030 g/mol. The van der Waals surface area contributed by atoms with Crippen molar-refractivity contribution in [3.05, 3.63) is 109 Å². The Morgan fingerprint density at radius 3 is 1.88 bits per heavy atom. The lowest BCUT2D eigenvalue weighted by Gasteiger charge is -2.27. The third-order valence-corrected chi connectivity index (χ3v) is 11.3. The molecule has 0 radical (unpaired) electrons. The molecule has 0 saturated carbocycles. The number of oxime groups is 1. The zero-order valence-corrected chi connectivity index (χ0v) is 37.9. The van der Waals surface area contributed by atoms with Gasteiger partial charge in [0.15, 0.2) is 18.3 Å². The van der Waals surface area contributed by atoms with E-state index in [0.717, 1.165) is 98.8 Å². The van der Waals surface area contributed by atoms with Crippen LogP contribution in [0.15, 0.2) is 89.1 Å². The number of imidazole rings is 2. The molecule has 2 aliphatic rings. The summed E-state index contributed by atoms with van der Waals surface area (Å²) in [5.41, 5.74) is 2.80. The summed E-state index contributed by atoms with van der Waals surface area (Å²) >= 11 is 4.52. The Morgan fingerprint density at radius 1 is 0.847 bits per heavy atom. The van der Waals surface area contributed by atoms with E-state index in [4.69, 9.17) is 35.1 Å². The first-order valence-corrected chi connectivity index (χ1v) is 22.1. The number of rotatable bonds is 13. The predicted octanol–water partition coefficient (Wildman–Crippen LogP) is 11.6.